The lowest BCUT2D eigenvalue weighted by Crippen LogP contribution is -2.30. The highest BCUT2D eigenvalue weighted by Crippen LogP contribution is 2.02. The van der Waals surface area contributed by atoms with Crippen molar-refractivity contribution in [3.05, 3.63) is 0 Å². The normalized spacial score (nSPS) is 9.12. The van der Waals surface area contributed by atoms with Gasteiger partial charge in [0.25, 0.3) is 0 Å². The number of carbonyl (C=O) groups excluding carboxylic acids is 2. The molecule has 0 radical (unpaired) electrons. The molecule has 0 bridgehead atoms. The van der Waals surface area contributed by atoms with Crippen LogP contribution in [0, 0.1) is 0 Å². The number of nitrogens with one attached hydrogen (secondary N) is 1. The van der Waals surface area contributed by atoms with Gasteiger partial charge in [-0.05, 0) is 12.8 Å². The molecule has 0 fully saturated rings. The lowest BCUT2D eigenvalue weighted by atomic mass is 10.1. The maximum Gasteiger partial charge on any atom is 0.305 e. The summed E-state index contributed by atoms with van der Waals surface area (Å²) in [6, 6.07) is 0. The van der Waals surface area contributed by atoms with Crippen molar-refractivity contribution in [2.45, 2.75) is 32.1 Å². The highest BCUT2D eigenvalue weighted by molar-refractivity contribution is 5.85. The van der Waals surface area contributed by atoms with Crippen LogP contribution in [0.25, 0.3) is 0 Å². The van der Waals surface area contributed by atoms with Crippen LogP contribution < -0.4 is 11.1 Å². The number of halogens is 1. The highest BCUT2D eigenvalue weighted by Gasteiger charge is 1.99. The number of carbonyl (C=O) groups is 2. The molecule has 96 valence electrons. The van der Waals surface area contributed by atoms with E-state index in [1.54, 1.807) is 0 Å². The van der Waals surface area contributed by atoms with Gasteiger partial charge < -0.3 is 15.8 Å². The van der Waals surface area contributed by atoms with Gasteiger partial charge in [0, 0.05) is 13.0 Å². The Labute approximate surface area is 103 Å². The summed E-state index contributed by atoms with van der Waals surface area (Å²) in [6.45, 7) is 0.705. The molecule has 0 spiro atoms. The molecule has 3 N–H and O–H groups in total. The SMILES string of the molecule is COC(=O)CCCCCCNC(=O)CN.Cl. The third-order valence-corrected chi connectivity index (χ3v) is 2.04. The molecule has 0 aliphatic heterocycles. The number of rotatable bonds is 8. The van der Waals surface area contributed by atoms with Crippen LogP contribution in [0.5, 0.6) is 0 Å². The molecule has 0 aliphatic rings. The molecule has 0 saturated carbocycles. The second-order valence-corrected chi connectivity index (χ2v) is 3.29. The van der Waals surface area contributed by atoms with E-state index in [0.717, 1.165) is 25.7 Å². The molecule has 0 rings (SSSR count). The van der Waals surface area contributed by atoms with Gasteiger partial charge in [0.05, 0.1) is 13.7 Å². The van der Waals surface area contributed by atoms with E-state index in [-0.39, 0.29) is 30.8 Å². The predicted octanol–water partition coefficient (Wildman–Crippen LogP) is 0.607. The largest absolute Gasteiger partial charge is 0.469 e. The summed E-state index contributed by atoms with van der Waals surface area (Å²) in [5, 5.41) is 2.69. The van der Waals surface area contributed by atoms with E-state index < -0.39 is 0 Å². The number of esters is 1. The number of nitrogens with two attached hydrogens (primary N) is 1. The molecule has 0 heterocycles. The Morgan fingerprint density at radius 2 is 1.81 bits per heavy atom. The molecular weight excluding hydrogens is 232 g/mol. The first-order chi connectivity index (χ1) is 7.20. The van der Waals surface area contributed by atoms with Crippen LogP contribution >= 0.6 is 12.4 Å². The van der Waals surface area contributed by atoms with Crippen molar-refractivity contribution in [2.24, 2.45) is 5.73 Å². The van der Waals surface area contributed by atoms with Crippen molar-refractivity contribution >= 4 is 24.3 Å². The van der Waals surface area contributed by atoms with Gasteiger partial charge in [-0.25, -0.2) is 0 Å². The summed E-state index contributed by atoms with van der Waals surface area (Å²) in [5.41, 5.74) is 5.12. The van der Waals surface area contributed by atoms with Crippen molar-refractivity contribution in [3.8, 4) is 0 Å². The molecule has 5 nitrogen and oxygen atoms in total. The summed E-state index contributed by atoms with van der Waals surface area (Å²) in [5.74, 6) is -0.281. The maximum absolute atomic E-state index is 10.7. The standard InChI is InChI=1S/C10H20N2O3.ClH/c1-15-10(14)6-4-2-3-5-7-12-9(13)8-11;/h2-8,11H2,1H3,(H,12,13);1H. The van der Waals surface area contributed by atoms with Crippen LogP contribution in [-0.2, 0) is 14.3 Å². The Morgan fingerprint density at radius 1 is 1.19 bits per heavy atom. The van der Waals surface area contributed by atoms with Crippen LogP contribution in [0.2, 0.25) is 0 Å². The van der Waals surface area contributed by atoms with Gasteiger partial charge in [0.1, 0.15) is 0 Å². The summed E-state index contributed by atoms with van der Waals surface area (Å²) >= 11 is 0. The van der Waals surface area contributed by atoms with E-state index >= 15 is 0 Å². The fourth-order valence-corrected chi connectivity index (χ4v) is 1.15. The minimum Gasteiger partial charge on any atom is -0.469 e. The van der Waals surface area contributed by atoms with Crippen LogP contribution in [0.1, 0.15) is 32.1 Å². The van der Waals surface area contributed by atoms with E-state index in [0.29, 0.717) is 13.0 Å². The third-order valence-electron chi connectivity index (χ3n) is 2.04. The number of ether oxygens (including phenoxy) is 1. The van der Waals surface area contributed by atoms with Crippen molar-refractivity contribution in [2.75, 3.05) is 20.2 Å². The van der Waals surface area contributed by atoms with Gasteiger partial charge >= 0.3 is 5.97 Å². The number of unbranched alkanes of at least 4 members (excludes halogenated alkanes) is 3. The zero-order valence-corrected chi connectivity index (χ0v) is 10.5. The van der Waals surface area contributed by atoms with Crippen LogP contribution in [-0.4, -0.2) is 32.1 Å². The first-order valence-electron chi connectivity index (χ1n) is 5.24. The molecule has 0 aromatic heterocycles. The fourth-order valence-electron chi connectivity index (χ4n) is 1.15. The molecule has 0 aromatic rings. The quantitative estimate of drug-likeness (QED) is 0.490. The highest BCUT2D eigenvalue weighted by atomic mass is 35.5. The van der Waals surface area contributed by atoms with Gasteiger partial charge in [0.15, 0.2) is 0 Å². The zero-order chi connectivity index (χ0) is 11.5. The van der Waals surface area contributed by atoms with Gasteiger partial charge in [-0.1, -0.05) is 12.8 Å². The second kappa shape index (κ2) is 12.3. The van der Waals surface area contributed by atoms with Gasteiger partial charge in [-0.2, -0.15) is 0 Å². The Hall–Kier alpha value is -0.810. The Kier molecular flexibility index (Phi) is 13.5. The number of hydrogen-bond donors (Lipinski definition) is 2. The third kappa shape index (κ3) is 11.3. The molecule has 0 saturated heterocycles. The minimum atomic E-state index is -0.161. The maximum atomic E-state index is 10.7. The predicted molar refractivity (Wildman–Crippen MR) is 64.4 cm³/mol. The molecule has 1 amide bonds. The molecule has 6 heteroatoms. The average molecular weight is 253 g/mol. The van der Waals surface area contributed by atoms with Crippen molar-refractivity contribution < 1.29 is 14.3 Å². The van der Waals surface area contributed by atoms with Crippen molar-refractivity contribution in [1.29, 1.82) is 0 Å². The first kappa shape index (κ1) is 17.6. The number of hydrogen-bond acceptors (Lipinski definition) is 4. The summed E-state index contributed by atoms with van der Waals surface area (Å²) in [7, 11) is 1.39. The monoisotopic (exact) mass is 252 g/mol. The van der Waals surface area contributed by atoms with Gasteiger partial charge in [-0.3, -0.25) is 9.59 Å². The molecule has 0 atom stereocenters. The summed E-state index contributed by atoms with van der Waals surface area (Å²) < 4.78 is 4.51. The van der Waals surface area contributed by atoms with Gasteiger partial charge in [0.2, 0.25) is 5.91 Å². The number of methoxy groups -OCH3 is 1. The van der Waals surface area contributed by atoms with Crippen LogP contribution in [0.15, 0.2) is 0 Å². The van der Waals surface area contributed by atoms with Crippen molar-refractivity contribution in [1.82, 2.24) is 5.32 Å². The minimum absolute atomic E-state index is 0. The topological polar surface area (TPSA) is 81.4 Å². The van der Waals surface area contributed by atoms with E-state index in [4.69, 9.17) is 5.73 Å². The second-order valence-electron chi connectivity index (χ2n) is 3.29. The lowest BCUT2D eigenvalue weighted by molar-refractivity contribution is -0.140. The van der Waals surface area contributed by atoms with Crippen LogP contribution in [0.4, 0.5) is 0 Å². The summed E-state index contributed by atoms with van der Waals surface area (Å²) in [6.07, 6.45) is 4.23. The lowest BCUT2D eigenvalue weighted by Gasteiger charge is -2.03. The van der Waals surface area contributed by atoms with E-state index in [1.165, 1.54) is 7.11 Å². The molecule has 0 aliphatic carbocycles. The molecule has 16 heavy (non-hydrogen) atoms. The molecule has 0 unspecified atom stereocenters. The Morgan fingerprint density at radius 3 is 2.38 bits per heavy atom. The Bertz CT molecular complexity index is 181. The average Bonchev–Trinajstić information content (AvgIpc) is 2.26. The van der Waals surface area contributed by atoms with Gasteiger partial charge in [-0.15, -0.1) is 12.4 Å². The van der Waals surface area contributed by atoms with Crippen molar-refractivity contribution in [3.63, 3.8) is 0 Å². The van der Waals surface area contributed by atoms with E-state index in [1.807, 2.05) is 0 Å². The first-order valence-corrected chi connectivity index (χ1v) is 5.24. The zero-order valence-electron chi connectivity index (χ0n) is 9.66. The fraction of sp³-hybridized carbons (Fsp3) is 0.800. The Balaban J connectivity index is 0. The van der Waals surface area contributed by atoms with Crippen LogP contribution in [0.3, 0.4) is 0 Å². The summed E-state index contributed by atoms with van der Waals surface area (Å²) in [4.78, 5) is 21.5. The smallest absolute Gasteiger partial charge is 0.305 e. The number of amides is 1. The molecular formula is C10H21ClN2O3. The van der Waals surface area contributed by atoms with E-state index in [9.17, 15) is 9.59 Å². The van der Waals surface area contributed by atoms with E-state index in [2.05, 4.69) is 10.1 Å². The molecule has 0 aromatic carbocycles.